The molecule has 6 nitrogen and oxygen atoms in total. The highest BCUT2D eigenvalue weighted by Gasteiger charge is 2.25. The van der Waals surface area contributed by atoms with Crippen molar-refractivity contribution in [3.63, 3.8) is 0 Å². The third-order valence-electron chi connectivity index (χ3n) is 4.81. The van der Waals surface area contributed by atoms with Gasteiger partial charge in [-0.1, -0.05) is 30.3 Å². The number of thiazole rings is 1. The number of carbonyl (C=O) groups excluding carboxylic acids is 1. The highest BCUT2D eigenvalue weighted by Crippen LogP contribution is 2.24. The smallest absolute Gasteiger partial charge is 0.259 e. The molecule has 2 aromatic heterocycles. The van der Waals surface area contributed by atoms with Gasteiger partial charge in [0, 0.05) is 49.9 Å². The summed E-state index contributed by atoms with van der Waals surface area (Å²) in [5, 5.41) is 3.17. The third-order valence-corrected chi connectivity index (χ3v) is 5.75. The molecule has 0 bridgehead atoms. The second-order valence-corrected chi connectivity index (χ2v) is 7.50. The summed E-state index contributed by atoms with van der Waals surface area (Å²) in [7, 11) is 1.54. The summed E-state index contributed by atoms with van der Waals surface area (Å²) < 4.78 is 5.22. The Morgan fingerprint density at radius 3 is 2.64 bits per heavy atom. The second-order valence-electron chi connectivity index (χ2n) is 6.64. The maximum absolute atomic E-state index is 12.8. The minimum atomic E-state index is -0.0235. The molecular formula is C21H22N4O2S. The van der Waals surface area contributed by atoms with Gasteiger partial charge in [0.25, 0.3) is 5.91 Å². The van der Waals surface area contributed by atoms with Gasteiger partial charge in [-0.15, -0.1) is 11.3 Å². The van der Waals surface area contributed by atoms with E-state index in [4.69, 9.17) is 9.72 Å². The highest BCUT2D eigenvalue weighted by atomic mass is 32.1. The molecule has 4 rings (SSSR count). The van der Waals surface area contributed by atoms with Crippen molar-refractivity contribution in [2.75, 3.05) is 33.3 Å². The average Bonchev–Trinajstić information content (AvgIpc) is 3.23. The van der Waals surface area contributed by atoms with Gasteiger partial charge in [-0.3, -0.25) is 9.69 Å². The van der Waals surface area contributed by atoms with Crippen molar-refractivity contribution in [2.24, 2.45) is 0 Å². The molecule has 0 saturated carbocycles. The van der Waals surface area contributed by atoms with E-state index in [-0.39, 0.29) is 5.91 Å². The standard InChI is InChI=1S/C21H22N4O2S/c1-27-19-18(8-5-9-22-19)21(26)25-12-10-24(11-13-25)14-17-15-28-20(23-17)16-6-3-2-4-7-16/h2-9,15H,10-14H2,1H3. The van der Waals surface area contributed by atoms with E-state index in [1.165, 1.54) is 7.11 Å². The van der Waals surface area contributed by atoms with Crippen LogP contribution in [0.1, 0.15) is 16.1 Å². The average molecular weight is 395 g/mol. The first kappa shape index (κ1) is 18.6. The fourth-order valence-corrected chi connectivity index (χ4v) is 4.13. The van der Waals surface area contributed by atoms with Gasteiger partial charge in [-0.05, 0) is 12.1 Å². The van der Waals surface area contributed by atoms with Crippen molar-refractivity contribution in [3.05, 3.63) is 65.3 Å². The highest BCUT2D eigenvalue weighted by molar-refractivity contribution is 7.13. The van der Waals surface area contributed by atoms with Crippen molar-refractivity contribution in [3.8, 4) is 16.5 Å². The SMILES string of the molecule is COc1ncccc1C(=O)N1CCN(Cc2csc(-c3ccccc3)n2)CC1. The number of piperazine rings is 1. The van der Waals surface area contributed by atoms with E-state index in [0.29, 0.717) is 24.5 Å². The molecule has 0 radical (unpaired) electrons. The lowest BCUT2D eigenvalue weighted by Crippen LogP contribution is -2.48. The first-order valence-electron chi connectivity index (χ1n) is 9.25. The molecule has 0 aliphatic carbocycles. The van der Waals surface area contributed by atoms with Gasteiger partial charge in [-0.2, -0.15) is 0 Å². The predicted octanol–water partition coefficient (Wildman–Crippen LogP) is 3.17. The number of amides is 1. The summed E-state index contributed by atoms with van der Waals surface area (Å²) in [4.78, 5) is 25.9. The van der Waals surface area contributed by atoms with Crippen molar-refractivity contribution in [2.45, 2.75) is 6.54 Å². The molecule has 0 unspecified atom stereocenters. The van der Waals surface area contributed by atoms with Gasteiger partial charge >= 0.3 is 0 Å². The summed E-state index contributed by atoms with van der Waals surface area (Å²) in [6.45, 7) is 3.83. The maximum Gasteiger partial charge on any atom is 0.259 e. The Labute approximate surface area is 168 Å². The molecular weight excluding hydrogens is 372 g/mol. The summed E-state index contributed by atoms with van der Waals surface area (Å²) in [6, 6.07) is 13.8. The van der Waals surface area contributed by atoms with Crippen LogP contribution in [0.2, 0.25) is 0 Å². The maximum atomic E-state index is 12.8. The Bertz CT molecular complexity index is 936. The van der Waals surface area contributed by atoms with Crippen LogP contribution < -0.4 is 4.74 Å². The zero-order valence-electron chi connectivity index (χ0n) is 15.7. The molecule has 0 spiro atoms. The van der Waals surface area contributed by atoms with Crippen LogP contribution in [0.3, 0.4) is 0 Å². The molecule has 3 aromatic rings. The number of ether oxygens (including phenoxy) is 1. The number of aromatic nitrogens is 2. The first-order valence-corrected chi connectivity index (χ1v) is 10.1. The molecule has 144 valence electrons. The van der Waals surface area contributed by atoms with E-state index in [1.807, 2.05) is 23.1 Å². The number of carbonyl (C=O) groups is 1. The predicted molar refractivity (Wildman–Crippen MR) is 110 cm³/mol. The topological polar surface area (TPSA) is 58.6 Å². The number of pyridine rings is 1. The zero-order chi connectivity index (χ0) is 19.3. The lowest BCUT2D eigenvalue weighted by atomic mass is 10.2. The van der Waals surface area contributed by atoms with Gasteiger partial charge in [0.15, 0.2) is 0 Å². The molecule has 1 saturated heterocycles. The molecule has 1 aromatic carbocycles. The number of benzene rings is 1. The zero-order valence-corrected chi connectivity index (χ0v) is 16.6. The minimum absolute atomic E-state index is 0.0235. The van der Waals surface area contributed by atoms with Crippen LogP contribution in [-0.4, -0.2) is 59.0 Å². The molecule has 1 fully saturated rings. The van der Waals surface area contributed by atoms with Gasteiger partial charge in [0.1, 0.15) is 10.6 Å². The van der Waals surface area contributed by atoms with Crippen molar-refractivity contribution < 1.29 is 9.53 Å². The molecule has 3 heterocycles. The Hall–Kier alpha value is -2.77. The fourth-order valence-electron chi connectivity index (χ4n) is 3.32. The van der Waals surface area contributed by atoms with E-state index < -0.39 is 0 Å². The molecule has 0 atom stereocenters. The summed E-state index contributed by atoms with van der Waals surface area (Å²) in [6.07, 6.45) is 1.63. The van der Waals surface area contributed by atoms with E-state index >= 15 is 0 Å². The van der Waals surface area contributed by atoms with E-state index in [0.717, 1.165) is 35.9 Å². The van der Waals surface area contributed by atoms with Crippen molar-refractivity contribution in [1.29, 1.82) is 0 Å². The van der Waals surface area contributed by atoms with Crippen molar-refractivity contribution >= 4 is 17.2 Å². The number of methoxy groups -OCH3 is 1. The van der Waals surface area contributed by atoms with Crippen LogP contribution in [0.5, 0.6) is 5.88 Å². The van der Waals surface area contributed by atoms with Crippen LogP contribution in [-0.2, 0) is 6.54 Å². The van der Waals surface area contributed by atoms with Crippen LogP contribution in [0, 0.1) is 0 Å². The third kappa shape index (κ3) is 4.05. The van der Waals surface area contributed by atoms with E-state index in [2.05, 4.69) is 27.4 Å². The number of hydrogen-bond donors (Lipinski definition) is 0. The quantitative estimate of drug-likeness (QED) is 0.665. The monoisotopic (exact) mass is 394 g/mol. The minimum Gasteiger partial charge on any atom is -0.480 e. The second kappa shape index (κ2) is 8.50. The molecule has 1 amide bonds. The van der Waals surface area contributed by atoms with Gasteiger partial charge in [0.05, 0.1) is 12.8 Å². The molecule has 1 aliphatic rings. The van der Waals surface area contributed by atoms with Crippen LogP contribution in [0.4, 0.5) is 0 Å². The first-order chi connectivity index (χ1) is 13.7. The Kier molecular flexibility index (Phi) is 5.64. The summed E-state index contributed by atoms with van der Waals surface area (Å²) in [5.41, 5.74) is 2.75. The van der Waals surface area contributed by atoms with Crippen LogP contribution >= 0.6 is 11.3 Å². The molecule has 28 heavy (non-hydrogen) atoms. The van der Waals surface area contributed by atoms with Crippen LogP contribution in [0.25, 0.3) is 10.6 Å². The van der Waals surface area contributed by atoms with E-state index in [1.54, 1.807) is 29.7 Å². The van der Waals surface area contributed by atoms with Gasteiger partial charge in [-0.25, -0.2) is 9.97 Å². The Morgan fingerprint density at radius 2 is 1.89 bits per heavy atom. The van der Waals surface area contributed by atoms with Crippen LogP contribution in [0.15, 0.2) is 54.0 Å². The summed E-state index contributed by atoms with van der Waals surface area (Å²) >= 11 is 1.67. The van der Waals surface area contributed by atoms with Gasteiger partial charge < -0.3 is 9.64 Å². The van der Waals surface area contributed by atoms with E-state index in [9.17, 15) is 4.79 Å². The molecule has 1 aliphatic heterocycles. The summed E-state index contributed by atoms with van der Waals surface area (Å²) in [5.74, 6) is 0.357. The lowest BCUT2D eigenvalue weighted by molar-refractivity contribution is 0.0623. The van der Waals surface area contributed by atoms with Gasteiger partial charge in [0.2, 0.25) is 5.88 Å². The molecule has 7 heteroatoms. The van der Waals surface area contributed by atoms with Crippen molar-refractivity contribution in [1.82, 2.24) is 19.8 Å². The number of rotatable bonds is 5. The Morgan fingerprint density at radius 1 is 1.11 bits per heavy atom. The normalized spacial score (nSPS) is 14.8. The fraction of sp³-hybridized carbons (Fsp3) is 0.286. The molecule has 0 N–H and O–H groups in total. The lowest BCUT2D eigenvalue weighted by Gasteiger charge is -2.34. The number of hydrogen-bond acceptors (Lipinski definition) is 6. The largest absolute Gasteiger partial charge is 0.480 e. The Balaban J connectivity index is 1.35. The number of nitrogens with zero attached hydrogens (tertiary/aromatic N) is 4.